The van der Waals surface area contributed by atoms with Gasteiger partial charge in [0.1, 0.15) is 0 Å². The van der Waals surface area contributed by atoms with Crippen LogP contribution in [0.1, 0.15) is 38.2 Å². The molecule has 1 fully saturated rings. The van der Waals surface area contributed by atoms with Crippen molar-refractivity contribution in [2.75, 3.05) is 6.54 Å². The lowest BCUT2D eigenvalue weighted by molar-refractivity contribution is 0.281. The summed E-state index contributed by atoms with van der Waals surface area (Å²) < 4.78 is 0.981. The molecule has 0 heterocycles. The van der Waals surface area contributed by atoms with Crippen LogP contribution in [0.3, 0.4) is 0 Å². The van der Waals surface area contributed by atoms with Crippen molar-refractivity contribution in [2.45, 2.75) is 39.2 Å². The number of benzene rings is 1. The first-order chi connectivity index (χ1) is 8.65. The van der Waals surface area contributed by atoms with Gasteiger partial charge in [0, 0.05) is 11.0 Å². The van der Waals surface area contributed by atoms with E-state index >= 15 is 0 Å². The molecule has 0 amide bonds. The van der Waals surface area contributed by atoms with Gasteiger partial charge in [0.25, 0.3) is 0 Å². The van der Waals surface area contributed by atoms with E-state index in [1.165, 1.54) is 31.2 Å². The molecule has 1 aromatic rings. The molecule has 0 radical (unpaired) electrons. The van der Waals surface area contributed by atoms with E-state index in [1.54, 1.807) is 0 Å². The fourth-order valence-corrected chi connectivity index (χ4v) is 3.15. The van der Waals surface area contributed by atoms with Gasteiger partial charge in [-0.3, -0.25) is 0 Å². The highest BCUT2D eigenvalue weighted by atomic mass is 79.9. The molecule has 1 saturated carbocycles. The van der Waals surface area contributed by atoms with E-state index in [0.29, 0.717) is 0 Å². The fourth-order valence-electron chi connectivity index (χ4n) is 2.60. The molecule has 100 valence electrons. The van der Waals surface area contributed by atoms with E-state index < -0.39 is 0 Å². The Hall–Kier alpha value is -0.0500. The van der Waals surface area contributed by atoms with Crippen LogP contribution in [0.15, 0.2) is 22.7 Å². The van der Waals surface area contributed by atoms with Crippen LogP contribution >= 0.6 is 27.5 Å². The predicted octanol–water partition coefficient (Wildman–Crippen LogP) is 5.02. The Labute approximate surface area is 123 Å². The first kappa shape index (κ1) is 14.4. The third-order valence-electron chi connectivity index (χ3n) is 3.88. The molecule has 2 rings (SSSR count). The maximum atomic E-state index is 5.98. The molecule has 0 spiro atoms. The minimum atomic E-state index is 0.778. The van der Waals surface area contributed by atoms with Crippen molar-refractivity contribution < 1.29 is 0 Å². The standard InChI is InChI=1S/C15H21BrClN/c1-11-2-4-12(5-3-11)9-18-10-13-6-7-15(17)14(16)8-13/h6-8,11-12,18H,2-5,9-10H2,1H3. The van der Waals surface area contributed by atoms with Gasteiger partial charge in [-0.1, -0.05) is 37.4 Å². The number of rotatable bonds is 4. The Balaban J connectivity index is 1.73. The summed E-state index contributed by atoms with van der Waals surface area (Å²) in [4.78, 5) is 0. The second kappa shape index (κ2) is 6.93. The Morgan fingerprint density at radius 1 is 1.28 bits per heavy atom. The average molecular weight is 331 g/mol. The summed E-state index contributed by atoms with van der Waals surface area (Å²) in [6.07, 6.45) is 5.58. The lowest BCUT2D eigenvalue weighted by Gasteiger charge is -2.26. The number of hydrogen-bond donors (Lipinski definition) is 1. The third kappa shape index (κ3) is 4.25. The van der Waals surface area contributed by atoms with Crippen molar-refractivity contribution in [3.63, 3.8) is 0 Å². The van der Waals surface area contributed by atoms with Crippen LogP contribution in [0.2, 0.25) is 5.02 Å². The monoisotopic (exact) mass is 329 g/mol. The second-order valence-corrected chi connectivity index (χ2v) is 6.77. The Bertz CT molecular complexity index is 386. The van der Waals surface area contributed by atoms with Gasteiger partial charge in [0.15, 0.2) is 0 Å². The smallest absolute Gasteiger partial charge is 0.0548 e. The maximum Gasteiger partial charge on any atom is 0.0548 e. The van der Waals surface area contributed by atoms with Crippen LogP contribution in [0.4, 0.5) is 0 Å². The van der Waals surface area contributed by atoms with Gasteiger partial charge in [0.2, 0.25) is 0 Å². The molecule has 18 heavy (non-hydrogen) atoms. The van der Waals surface area contributed by atoms with Gasteiger partial charge in [-0.05, 0) is 64.8 Å². The van der Waals surface area contributed by atoms with Gasteiger partial charge in [-0.25, -0.2) is 0 Å². The number of nitrogens with one attached hydrogen (secondary N) is 1. The molecule has 0 atom stereocenters. The number of hydrogen-bond acceptors (Lipinski definition) is 1. The molecular weight excluding hydrogens is 310 g/mol. The van der Waals surface area contributed by atoms with Crippen molar-refractivity contribution in [2.24, 2.45) is 11.8 Å². The lowest BCUT2D eigenvalue weighted by Crippen LogP contribution is -2.25. The molecule has 0 aliphatic heterocycles. The topological polar surface area (TPSA) is 12.0 Å². The van der Waals surface area contributed by atoms with E-state index in [0.717, 1.165) is 34.4 Å². The lowest BCUT2D eigenvalue weighted by atomic mass is 9.83. The summed E-state index contributed by atoms with van der Waals surface area (Å²) in [5.74, 6) is 1.81. The minimum Gasteiger partial charge on any atom is -0.312 e. The van der Waals surface area contributed by atoms with Crippen molar-refractivity contribution in [3.05, 3.63) is 33.3 Å². The van der Waals surface area contributed by atoms with Gasteiger partial charge in [0.05, 0.1) is 5.02 Å². The molecule has 0 aromatic heterocycles. The zero-order chi connectivity index (χ0) is 13.0. The van der Waals surface area contributed by atoms with Crippen molar-refractivity contribution >= 4 is 27.5 Å². The van der Waals surface area contributed by atoms with E-state index in [4.69, 9.17) is 11.6 Å². The van der Waals surface area contributed by atoms with Crippen molar-refractivity contribution in [1.29, 1.82) is 0 Å². The molecule has 1 aromatic carbocycles. The van der Waals surface area contributed by atoms with E-state index in [-0.39, 0.29) is 0 Å². The summed E-state index contributed by atoms with van der Waals surface area (Å²) in [7, 11) is 0. The van der Waals surface area contributed by atoms with Crippen LogP contribution < -0.4 is 5.32 Å². The van der Waals surface area contributed by atoms with Gasteiger partial charge < -0.3 is 5.32 Å². The highest BCUT2D eigenvalue weighted by molar-refractivity contribution is 9.10. The quantitative estimate of drug-likeness (QED) is 0.817. The van der Waals surface area contributed by atoms with E-state index in [1.807, 2.05) is 6.07 Å². The summed E-state index contributed by atoms with van der Waals surface area (Å²) in [6, 6.07) is 6.13. The molecule has 0 bridgehead atoms. The molecule has 0 saturated heterocycles. The van der Waals surface area contributed by atoms with E-state index in [2.05, 4.69) is 40.3 Å². The minimum absolute atomic E-state index is 0.778. The Morgan fingerprint density at radius 3 is 2.67 bits per heavy atom. The maximum absolute atomic E-state index is 5.98. The predicted molar refractivity (Wildman–Crippen MR) is 82.0 cm³/mol. The number of halogens is 2. The van der Waals surface area contributed by atoms with Crippen LogP contribution in [0.5, 0.6) is 0 Å². The molecule has 0 unspecified atom stereocenters. The molecule has 1 N–H and O–H groups in total. The fraction of sp³-hybridized carbons (Fsp3) is 0.600. The average Bonchev–Trinajstić information content (AvgIpc) is 2.36. The first-order valence-electron chi connectivity index (χ1n) is 6.80. The van der Waals surface area contributed by atoms with Gasteiger partial charge in [-0.15, -0.1) is 0 Å². The van der Waals surface area contributed by atoms with Crippen LogP contribution in [-0.4, -0.2) is 6.54 Å². The zero-order valence-corrected chi connectivity index (χ0v) is 13.2. The zero-order valence-electron chi connectivity index (χ0n) is 10.9. The highest BCUT2D eigenvalue weighted by Crippen LogP contribution is 2.28. The summed E-state index contributed by atoms with van der Waals surface area (Å²) in [5.41, 5.74) is 1.29. The van der Waals surface area contributed by atoms with Crippen molar-refractivity contribution in [3.8, 4) is 0 Å². The van der Waals surface area contributed by atoms with Gasteiger partial charge in [-0.2, -0.15) is 0 Å². The first-order valence-corrected chi connectivity index (χ1v) is 7.97. The molecule has 1 nitrogen and oxygen atoms in total. The Morgan fingerprint density at radius 2 is 2.00 bits per heavy atom. The highest BCUT2D eigenvalue weighted by Gasteiger charge is 2.17. The SMILES string of the molecule is CC1CCC(CNCc2ccc(Cl)c(Br)c2)CC1. The van der Waals surface area contributed by atoms with Crippen LogP contribution in [0, 0.1) is 11.8 Å². The van der Waals surface area contributed by atoms with E-state index in [9.17, 15) is 0 Å². The Kier molecular flexibility index (Phi) is 5.53. The van der Waals surface area contributed by atoms with Gasteiger partial charge >= 0.3 is 0 Å². The van der Waals surface area contributed by atoms with Crippen molar-refractivity contribution in [1.82, 2.24) is 5.32 Å². The summed E-state index contributed by atoms with van der Waals surface area (Å²) in [5, 5.41) is 4.35. The summed E-state index contributed by atoms with van der Waals surface area (Å²) in [6.45, 7) is 4.45. The normalized spacial score (nSPS) is 24.2. The molecule has 1 aliphatic rings. The van der Waals surface area contributed by atoms with Crippen LogP contribution in [-0.2, 0) is 6.54 Å². The molecular formula is C15H21BrClN. The molecule has 3 heteroatoms. The summed E-state index contributed by atoms with van der Waals surface area (Å²) >= 11 is 9.44. The second-order valence-electron chi connectivity index (χ2n) is 5.51. The molecule has 1 aliphatic carbocycles. The van der Waals surface area contributed by atoms with Crippen LogP contribution in [0.25, 0.3) is 0 Å². The largest absolute Gasteiger partial charge is 0.312 e. The third-order valence-corrected chi connectivity index (χ3v) is 5.10.